The highest BCUT2D eigenvalue weighted by Gasteiger charge is 2.40. The van der Waals surface area contributed by atoms with Crippen molar-refractivity contribution in [2.45, 2.75) is 37.4 Å². The Morgan fingerprint density at radius 2 is 2.14 bits per heavy atom. The number of nitrogens with zero attached hydrogens (tertiary/aromatic N) is 1. The second kappa shape index (κ2) is 3.47. The Hall–Kier alpha value is -0.120. The third kappa shape index (κ3) is 1.47. The summed E-state index contributed by atoms with van der Waals surface area (Å²) in [5, 5.41) is 3.75. The lowest BCUT2D eigenvalue weighted by Gasteiger charge is -2.50. The van der Waals surface area contributed by atoms with Gasteiger partial charge in [-0.15, -0.1) is 0 Å². The molecule has 0 aromatic heterocycles. The van der Waals surface area contributed by atoms with E-state index in [0.717, 1.165) is 31.2 Å². The molecule has 0 spiro atoms. The average Bonchev–Trinajstić information content (AvgIpc) is 2.12. The first-order valence-corrected chi connectivity index (χ1v) is 5.87. The molecule has 3 nitrogen and oxygen atoms in total. The van der Waals surface area contributed by atoms with E-state index in [1.54, 1.807) is 0 Å². The van der Waals surface area contributed by atoms with Crippen LogP contribution in [0.1, 0.15) is 19.3 Å². The lowest BCUT2D eigenvalue weighted by molar-refractivity contribution is -0.0332. The number of ether oxygens (including phenoxy) is 1. The molecular formula is C11H20N2O. The summed E-state index contributed by atoms with van der Waals surface area (Å²) in [6.45, 7) is 3.18. The van der Waals surface area contributed by atoms with Crippen molar-refractivity contribution in [2.24, 2.45) is 5.92 Å². The number of rotatable bonds is 2. The zero-order chi connectivity index (χ0) is 9.54. The Morgan fingerprint density at radius 1 is 1.29 bits per heavy atom. The first-order chi connectivity index (χ1) is 6.83. The van der Waals surface area contributed by atoms with Gasteiger partial charge in [-0.1, -0.05) is 0 Å². The lowest BCUT2D eigenvalue weighted by atomic mass is 9.76. The first kappa shape index (κ1) is 9.13. The Bertz CT molecular complexity index is 217. The molecule has 14 heavy (non-hydrogen) atoms. The van der Waals surface area contributed by atoms with Crippen molar-refractivity contribution >= 4 is 0 Å². The summed E-state index contributed by atoms with van der Waals surface area (Å²) in [5.74, 6) is 0.948. The summed E-state index contributed by atoms with van der Waals surface area (Å²) in [7, 11) is 2.28. The van der Waals surface area contributed by atoms with E-state index in [1.807, 2.05) is 0 Å². The zero-order valence-corrected chi connectivity index (χ0v) is 8.91. The Morgan fingerprint density at radius 3 is 2.71 bits per heavy atom. The summed E-state index contributed by atoms with van der Waals surface area (Å²) in [6, 6.07) is 2.18. The molecule has 1 N–H and O–H groups in total. The molecule has 3 unspecified atom stereocenters. The standard InChI is InChI=1S/C11H20N2O/c1-13-5-8-2-3-11(13)10(4-8)12-9-6-14-7-9/h8-12H,2-7H2,1H3. The SMILES string of the molecule is CN1CC2CCC1C(NC1COC1)C2. The van der Waals surface area contributed by atoms with Crippen LogP contribution in [0.4, 0.5) is 0 Å². The van der Waals surface area contributed by atoms with Crippen LogP contribution in [0, 0.1) is 5.92 Å². The summed E-state index contributed by atoms with van der Waals surface area (Å²) in [5.41, 5.74) is 0. The molecule has 4 rings (SSSR count). The van der Waals surface area contributed by atoms with E-state index >= 15 is 0 Å². The Balaban J connectivity index is 1.62. The maximum absolute atomic E-state index is 5.21. The third-order valence-corrected chi connectivity index (χ3v) is 4.12. The van der Waals surface area contributed by atoms with E-state index in [0.29, 0.717) is 6.04 Å². The smallest absolute Gasteiger partial charge is 0.0643 e. The van der Waals surface area contributed by atoms with E-state index in [9.17, 15) is 0 Å². The van der Waals surface area contributed by atoms with Crippen molar-refractivity contribution in [1.82, 2.24) is 10.2 Å². The molecule has 4 fully saturated rings. The van der Waals surface area contributed by atoms with Crippen LogP contribution in [0.15, 0.2) is 0 Å². The van der Waals surface area contributed by atoms with Crippen molar-refractivity contribution in [3.8, 4) is 0 Å². The van der Waals surface area contributed by atoms with Gasteiger partial charge in [-0.3, -0.25) is 0 Å². The van der Waals surface area contributed by atoms with E-state index in [4.69, 9.17) is 4.74 Å². The molecule has 0 amide bonds. The van der Waals surface area contributed by atoms with Crippen LogP contribution in [-0.2, 0) is 4.74 Å². The predicted octanol–water partition coefficient (Wildman–Crippen LogP) is 0.457. The zero-order valence-electron chi connectivity index (χ0n) is 8.91. The third-order valence-electron chi connectivity index (χ3n) is 4.12. The highest BCUT2D eigenvalue weighted by molar-refractivity contribution is 4.98. The second-order valence-corrected chi connectivity index (χ2v) is 5.19. The quantitative estimate of drug-likeness (QED) is 0.694. The molecule has 3 heterocycles. The van der Waals surface area contributed by atoms with Crippen LogP contribution in [-0.4, -0.2) is 49.8 Å². The van der Waals surface area contributed by atoms with E-state index < -0.39 is 0 Å². The minimum atomic E-state index is 0.646. The van der Waals surface area contributed by atoms with Crippen LogP contribution in [0.25, 0.3) is 0 Å². The van der Waals surface area contributed by atoms with Gasteiger partial charge >= 0.3 is 0 Å². The second-order valence-electron chi connectivity index (χ2n) is 5.19. The van der Waals surface area contributed by atoms with Crippen LogP contribution in [0.5, 0.6) is 0 Å². The maximum atomic E-state index is 5.21. The number of likely N-dealkylation sites (N-methyl/N-ethyl adjacent to an activating group) is 1. The topological polar surface area (TPSA) is 24.5 Å². The minimum absolute atomic E-state index is 0.646. The molecule has 4 aliphatic rings. The van der Waals surface area contributed by atoms with Gasteiger partial charge in [-0.05, 0) is 32.2 Å². The van der Waals surface area contributed by atoms with Crippen molar-refractivity contribution < 1.29 is 4.74 Å². The fraction of sp³-hybridized carbons (Fsp3) is 1.00. The molecule has 1 saturated carbocycles. The molecule has 0 radical (unpaired) electrons. The van der Waals surface area contributed by atoms with Crippen molar-refractivity contribution in [1.29, 1.82) is 0 Å². The van der Waals surface area contributed by atoms with Crippen LogP contribution < -0.4 is 5.32 Å². The number of hydrogen-bond donors (Lipinski definition) is 1. The molecule has 2 bridgehead atoms. The number of nitrogens with one attached hydrogen (secondary N) is 1. The Labute approximate surface area is 85.8 Å². The molecule has 0 aromatic carbocycles. The van der Waals surface area contributed by atoms with Crippen LogP contribution >= 0.6 is 0 Å². The fourth-order valence-corrected chi connectivity index (χ4v) is 3.29. The van der Waals surface area contributed by atoms with Gasteiger partial charge < -0.3 is 15.0 Å². The van der Waals surface area contributed by atoms with Crippen molar-refractivity contribution in [3.63, 3.8) is 0 Å². The van der Waals surface area contributed by atoms with Crippen molar-refractivity contribution in [2.75, 3.05) is 26.8 Å². The van der Waals surface area contributed by atoms with Gasteiger partial charge in [0.15, 0.2) is 0 Å². The summed E-state index contributed by atoms with van der Waals surface area (Å²) < 4.78 is 5.21. The van der Waals surface area contributed by atoms with Gasteiger partial charge in [0.1, 0.15) is 0 Å². The number of hydrogen-bond acceptors (Lipinski definition) is 3. The minimum Gasteiger partial charge on any atom is -0.378 e. The molecule has 3 atom stereocenters. The van der Waals surface area contributed by atoms with Crippen LogP contribution in [0.2, 0.25) is 0 Å². The van der Waals surface area contributed by atoms with Crippen LogP contribution in [0.3, 0.4) is 0 Å². The molecule has 1 aliphatic carbocycles. The molecular weight excluding hydrogens is 176 g/mol. The Kier molecular flexibility index (Phi) is 2.26. The molecule has 3 heteroatoms. The van der Waals surface area contributed by atoms with E-state index in [1.165, 1.54) is 25.8 Å². The average molecular weight is 196 g/mol. The highest BCUT2D eigenvalue weighted by atomic mass is 16.5. The normalized spacial score (nSPS) is 43.9. The maximum Gasteiger partial charge on any atom is 0.0643 e. The molecule has 0 aromatic rings. The predicted molar refractivity (Wildman–Crippen MR) is 55.3 cm³/mol. The fourth-order valence-electron chi connectivity index (χ4n) is 3.29. The monoisotopic (exact) mass is 196 g/mol. The summed E-state index contributed by atoms with van der Waals surface area (Å²) in [6.07, 6.45) is 4.24. The van der Waals surface area contributed by atoms with Crippen molar-refractivity contribution in [3.05, 3.63) is 0 Å². The van der Waals surface area contributed by atoms with Gasteiger partial charge in [-0.25, -0.2) is 0 Å². The van der Waals surface area contributed by atoms with Gasteiger partial charge in [0.05, 0.1) is 19.3 Å². The summed E-state index contributed by atoms with van der Waals surface area (Å²) >= 11 is 0. The van der Waals surface area contributed by atoms with Gasteiger partial charge in [0.2, 0.25) is 0 Å². The lowest BCUT2D eigenvalue weighted by Crippen LogP contribution is -2.63. The van der Waals surface area contributed by atoms with E-state index in [-0.39, 0.29) is 0 Å². The molecule has 80 valence electrons. The first-order valence-electron chi connectivity index (χ1n) is 5.87. The number of fused-ring (bicyclic) bond motifs is 3. The molecule has 3 saturated heterocycles. The van der Waals surface area contributed by atoms with Gasteiger partial charge in [-0.2, -0.15) is 0 Å². The van der Waals surface area contributed by atoms with E-state index in [2.05, 4.69) is 17.3 Å². The highest BCUT2D eigenvalue weighted by Crippen LogP contribution is 2.34. The van der Waals surface area contributed by atoms with Gasteiger partial charge in [0.25, 0.3) is 0 Å². The summed E-state index contributed by atoms with van der Waals surface area (Å²) in [4.78, 5) is 2.55. The number of piperidine rings is 2. The van der Waals surface area contributed by atoms with Gasteiger partial charge in [0, 0.05) is 18.6 Å². The molecule has 3 aliphatic heterocycles. The largest absolute Gasteiger partial charge is 0.378 e.